The van der Waals surface area contributed by atoms with E-state index in [2.05, 4.69) is 5.32 Å². The molecule has 1 aliphatic rings. The van der Waals surface area contributed by atoms with Crippen LogP contribution in [0.1, 0.15) is 33.6 Å². The third-order valence-electron chi connectivity index (χ3n) is 3.25. The van der Waals surface area contributed by atoms with Crippen LogP contribution in [-0.2, 0) is 9.59 Å². The first-order valence-corrected chi connectivity index (χ1v) is 6.82. The largest absolute Gasteiger partial charge is 0.336 e. The maximum atomic E-state index is 11.9. The molecule has 20 heavy (non-hydrogen) atoms. The minimum atomic E-state index is -0.470. The van der Waals surface area contributed by atoms with E-state index in [1.165, 1.54) is 0 Å². The molecular formula is C13H24N4O3. The van der Waals surface area contributed by atoms with Gasteiger partial charge < -0.3 is 16.0 Å². The zero-order chi connectivity index (χ0) is 15.3. The number of rotatable bonds is 5. The van der Waals surface area contributed by atoms with Crippen molar-refractivity contribution in [3.63, 3.8) is 0 Å². The van der Waals surface area contributed by atoms with Crippen LogP contribution in [0.5, 0.6) is 0 Å². The predicted octanol–water partition coefficient (Wildman–Crippen LogP) is -0.0974. The quantitative estimate of drug-likeness (QED) is 0.689. The monoisotopic (exact) mass is 284 g/mol. The van der Waals surface area contributed by atoms with Gasteiger partial charge in [0.1, 0.15) is 0 Å². The smallest absolute Gasteiger partial charge is 0.324 e. The number of amides is 4. The van der Waals surface area contributed by atoms with Gasteiger partial charge in [-0.15, -0.1) is 0 Å². The Morgan fingerprint density at radius 1 is 1.55 bits per heavy atom. The van der Waals surface area contributed by atoms with Gasteiger partial charge in [-0.3, -0.25) is 14.5 Å². The highest BCUT2D eigenvalue weighted by Crippen LogP contribution is 2.21. The van der Waals surface area contributed by atoms with Crippen LogP contribution < -0.4 is 11.1 Å². The van der Waals surface area contributed by atoms with E-state index in [9.17, 15) is 14.4 Å². The van der Waals surface area contributed by atoms with E-state index in [0.29, 0.717) is 25.9 Å². The number of carbonyl (C=O) groups is 3. The van der Waals surface area contributed by atoms with Gasteiger partial charge in [0.2, 0.25) is 12.3 Å². The number of nitrogens with one attached hydrogen (secondary N) is 1. The lowest BCUT2D eigenvalue weighted by atomic mass is 10.1. The Labute approximate surface area is 119 Å². The van der Waals surface area contributed by atoms with Gasteiger partial charge in [0.05, 0.1) is 6.04 Å². The second-order valence-corrected chi connectivity index (χ2v) is 5.97. The van der Waals surface area contributed by atoms with Crippen molar-refractivity contribution in [3.05, 3.63) is 0 Å². The molecule has 1 aliphatic heterocycles. The van der Waals surface area contributed by atoms with Gasteiger partial charge >= 0.3 is 6.03 Å². The fourth-order valence-corrected chi connectivity index (χ4v) is 2.17. The summed E-state index contributed by atoms with van der Waals surface area (Å²) in [6.45, 7) is 7.03. The lowest BCUT2D eigenvalue weighted by Gasteiger charge is -2.32. The van der Waals surface area contributed by atoms with Crippen LogP contribution in [0.3, 0.4) is 0 Å². The number of urea groups is 1. The highest BCUT2D eigenvalue weighted by Gasteiger charge is 2.37. The summed E-state index contributed by atoms with van der Waals surface area (Å²) in [7, 11) is 0. The molecule has 0 radical (unpaired) electrons. The van der Waals surface area contributed by atoms with Crippen LogP contribution in [0.15, 0.2) is 0 Å². The second kappa shape index (κ2) is 6.69. The van der Waals surface area contributed by atoms with Gasteiger partial charge in [-0.2, -0.15) is 0 Å². The zero-order valence-corrected chi connectivity index (χ0v) is 12.4. The molecule has 3 N–H and O–H groups in total. The maximum absolute atomic E-state index is 11.9. The first-order valence-electron chi connectivity index (χ1n) is 6.82. The van der Waals surface area contributed by atoms with Crippen molar-refractivity contribution in [3.8, 4) is 0 Å². The normalized spacial score (nSPS) is 19.1. The van der Waals surface area contributed by atoms with E-state index in [1.54, 1.807) is 4.90 Å². The molecule has 1 heterocycles. The van der Waals surface area contributed by atoms with E-state index in [1.807, 2.05) is 20.8 Å². The first-order chi connectivity index (χ1) is 9.29. The van der Waals surface area contributed by atoms with Crippen molar-refractivity contribution < 1.29 is 14.4 Å². The summed E-state index contributed by atoms with van der Waals surface area (Å²) in [6.07, 6.45) is 1.32. The average Bonchev–Trinajstić information content (AvgIpc) is 2.71. The van der Waals surface area contributed by atoms with Crippen molar-refractivity contribution in [2.24, 2.45) is 5.73 Å². The Bertz CT molecular complexity index is 378. The van der Waals surface area contributed by atoms with Crippen molar-refractivity contribution in [2.75, 3.05) is 19.6 Å². The van der Waals surface area contributed by atoms with E-state index in [4.69, 9.17) is 5.73 Å². The van der Waals surface area contributed by atoms with Gasteiger partial charge in [-0.1, -0.05) is 0 Å². The van der Waals surface area contributed by atoms with Crippen molar-refractivity contribution >= 4 is 18.3 Å². The van der Waals surface area contributed by atoms with Crippen LogP contribution in [0.2, 0.25) is 0 Å². The van der Waals surface area contributed by atoms with Crippen molar-refractivity contribution in [1.82, 2.24) is 15.1 Å². The van der Waals surface area contributed by atoms with Crippen LogP contribution in [0.4, 0.5) is 4.79 Å². The summed E-state index contributed by atoms with van der Waals surface area (Å²) in [4.78, 5) is 37.5. The number of hydrogen-bond donors (Lipinski definition) is 2. The Morgan fingerprint density at radius 2 is 2.20 bits per heavy atom. The molecule has 4 amide bonds. The fraction of sp³-hybridized carbons (Fsp3) is 0.769. The van der Waals surface area contributed by atoms with E-state index in [-0.39, 0.29) is 30.5 Å². The highest BCUT2D eigenvalue weighted by molar-refractivity contribution is 5.86. The van der Waals surface area contributed by atoms with E-state index >= 15 is 0 Å². The van der Waals surface area contributed by atoms with Crippen molar-refractivity contribution in [1.29, 1.82) is 0 Å². The third-order valence-corrected chi connectivity index (χ3v) is 3.25. The lowest BCUT2D eigenvalue weighted by molar-refractivity contribution is -0.131. The SMILES string of the molecule is CC(C)(C)N1CC(NC(=O)N(C=O)CCCN)CC1=O. The second-order valence-electron chi connectivity index (χ2n) is 5.97. The molecule has 0 saturated carbocycles. The van der Waals surface area contributed by atoms with E-state index in [0.717, 1.165) is 4.90 Å². The number of nitrogens with two attached hydrogens (primary N) is 1. The Balaban J connectivity index is 2.55. The molecule has 0 bridgehead atoms. The molecule has 114 valence electrons. The first kappa shape index (κ1) is 16.4. The maximum Gasteiger partial charge on any atom is 0.324 e. The van der Waals surface area contributed by atoms with Crippen LogP contribution in [0, 0.1) is 0 Å². The number of carbonyl (C=O) groups excluding carboxylic acids is 3. The Kier molecular flexibility index (Phi) is 5.50. The summed E-state index contributed by atoms with van der Waals surface area (Å²) in [6, 6.07) is -0.725. The average molecular weight is 284 g/mol. The molecule has 1 saturated heterocycles. The van der Waals surface area contributed by atoms with Gasteiger partial charge in [0.25, 0.3) is 0 Å². The fourth-order valence-electron chi connectivity index (χ4n) is 2.17. The zero-order valence-electron chi connectivity index (χ0n) is 12.4. The number of imide groups is 1. The Hall–Kier alpha value is -1.63. The van der Waals surface area contributed by atoms with Crippen LogP contribution in [-0.4, -0.2) is 59.4 Å². The standard InChI is InChI=1S/C13H24N4O3/c1-13(2,3)17-8-10(7-11(17)19)15-12(20)16(9-18)6-4-5-14/h9-10H,4-8,14H2,1-3H3,(H,15,20). The molecule has 0 aliphatic carbocycles. The molecule has 1 rings (SSSR count). The summed E-state index contributed by atoms with van der Waals surface area (Å²) >= 11 is 0. The third kappa shape index (κ3) is 4.19. The molecule has 1 unspecified atom stereocenters. The van der Waals surface area contributed by atoms with Crippen LogP contribution in [0.25, 0.3) is 0 Å². The molecule has 0 aromatic carbocycles. The van der Waals surface area contributed by atoms with E-state index < -0.39 is 6.03 Å². The minimum Gasteiger partial charge on any atom is -0.336 e. The number of likely N-dealkylation sites (tertiary alicyclic amines) is 1. The van der Waals surface area contributed by atoms with Gasteiger partial charge in [0.15, 0.2) is 0 Å². The van der Waals surface area contributed by atoms with Gasteiger partial charge in [-0.25, -0.2) is 4.79 Å². The molecule has 7 nitrogen and oxygen atoms in total. The van der Waals surface area contributed by atoms with Crippen LogP contribution >= 0.6 is 0 Å². The Morgan fingerprint density at radius 3 is 2.65 bits per heavy atom. The number of nitrogens with zero attached hydrogens (tertiary/aromatic N) is 2. The predicted molar refractivity (Wildman–Crippen MR) is 74.8 cm³/mol. The lowest BCUT2D eigenvalue weighted by Crippen LogP contribution is -2.47. The van der Waals surface area contributed by atoms with Gasteiger partial charge in [0, 0.05) is 25.0 Å². The molecule has 0 spiro atoms. The molecular weight excluding hydrogens is 260 g/mol. The van der Waals surface area contributed by atoms with Crippen molar-refractivity contribution in [2.45, 2.75) is 45.2 Å². The molecule has 0 aromatic rings. The minimum absolute atomic E-state index is 0.0161. The molecule has 0 aromatic heterocycles. The number of hydrogen-bond acceptors (Lipinski definition) is 4. The summed E-state index contributed by atoms with van der Waals surface area (Å²) < 4.78 is 0. The summed E-state index contributed by atoms with van der Waals surface area (Å²) in [5.74, 6) is 0.0161. The summed E-state index contributed by atoms with van der Waals surface area (Å²) in [5, 5.41) is 2.72. The van der Waals surface area contributed by atoms with Gasteiger partial charge in [-0.05, 0) is 33.7 Å². The molecule has 1 fully saturated rings. The topological polar surface area (TPSA) is 95.7 Å². The molecule has 1 atom stereocenters. The molecule has 7 heteroatoms. The highest BCUT2D eigenvalue weighted by atomic mass is 16.2. The summed E-state index contributed by atoms with van der Waals surface area (Å²) in [5.41, 5.74) is 5.09.